The summed E-state index contributed by atoms with van der Waals surface area (Å²) in [5.41, 5.74) is 3.18. The number of hydrogen-bond acceptors (Lipinski definition) is 1. The molecule has 88 valence electrons. The van der Waals surface area contributed by atoms with Gasteiger partial charge in [0.25, 0.3) is 0 Å². The summed E-state index contributed by atoms with van der Waals surface area (Å²) in [6.45, 7) is 2.08. The molecule has 0 amide bonds. The van der Waals surface area contributed by atoms with Crippen LogP contribution in [0.3, 0.4) is 0 Å². The first-order chi connectivity index (χ1) is 8.79. The molecule has 2 aromatic rings. The maximum Gasteiger partial charge on any atom is 0.0721 e. The second-order valence-corrected chi connectivity index (χ2v) is 4.13. The lowest BCUT2D eigenvalue weighted by molar-refractivity contribution is 0.825. The zero-order chi connectivity index (χ0) is 12.8. The minimum atomic E-state index is 0.165. The lowest BCUT2D eigenvalue weighted by Crippen LogP contribution is -1.90. The molecule has 0 aromatic heterocycles. The minimum absolute atomic E-state index is 0.165. The van der Waals surface area contributed by atoms with Gasteiger partial charge in [0.2, 0.25) is 0 Å². The van der Waals surface area contributed by atoms with Crippen molar-refractivity contribution in [1.29, 1.82) is 0 Å². The fraction of sp³-hybridized carbons (Fsp3) is 0.118. The van der Waals surface area contributed by atoms with Gasteiger partial charge in [-0.15, -0.1) is 6.42 Å². The van der Waals surface area contributed by atoms with Crippen LogP contribution in [0.1, 0.15) is 29.7 Å². The molecular weight excluding hydrogens is 218 g/mol. The van der Waals surface area contributed by atoms with Crippen molar-refractivity contribution in [3.05, 3.63) is 71.3 Å². The molecule has 1 atom stereocenters. The van der Waals surface area contributed by atoms with Crippen LogP contribution in [0.2, 0.25) is 0 Å². The van der Waals surface area contributed by atoms with Crippen molar-refractivity contribution < 1.29 is 0 Å². The maximum absolute atomic E-state index is 5.31. The normalized spacial score (nSPS) is 12.2. The molecule has 0 saturated heterocycles. The highest BCUT2D eigenvalue weighted by molar-refractivity contribution is 5.79. The molecule has 0 unspecified atom stereocenters. The van der Waals surface area contributed by atoms with E-state index in [9.17, 15) is 0 Å². The van der Waals surface area contributed by atoms with Crippen molar-refractivity contribution in [2.75, 3.05) is 0 Å². The molecule has 0 saturated carbocycles. The number of aliphatic imine (C=N–C) groups is 1. The average Bonchev–Trinajstić information content (AvgIpc) is 2.46. The summed E-state index contributed by atoms with van der Waals surface area (Å²) in [6, 6.07) is 18.2. The van der Waals surface area contributed by atoms with Crippen LogP contribution in [0.25, 0.3) is 0 Å². The first-order valence-corrected chi connectivity index (χ1v) is 5.94. The van der Waals surface area contributed by atoms with Gasteiger partial charge in [-0.1, -0.05) is 48.4 Å². The van der Waals surface area contributed by atoms with E-state index in [-0.39, 0.29) is 6.04 Å². The van der Waals surface area contributed by atoms with E-state index in [4.69, 9.17) is 6.42 Å². The first-order valence-electron chi connectivity index (χ1n) is 5.94. The Morgan fingerprint density at radius 2 is 1.72 bits per heavy atom. The van der Waals surface area contributed by atoms with Crippen molar-refractivity contribution >= 4 is 6.21 Å². The second kappa shape index (κ2) is 5.84. The van der Waals surface area contributed by atoms with Crippen molar-refractivity contribution in [1.82, 2.24) is 0 Å². The third-order valence-electron chi connectivity index (χ3n) is 2.81. The Morgan fingerprint density at radius 1 is 1.06 bits per heavy atom. The van der Waals surface area contributed by atoms with E-state index >= 15 is 0 Å². The van der Waals surface area contributed by atoms with Crippen LogP contribution < -0.4 is 0 Å². The quantitative estimate of drug-likeness (QED) is 0.564. The van der Waals surface area contributed by atoms with Gasteiger partial charge in [-0.25, -0.2) is 0 Å². The lowest BCUT2D eigenvalue weighted by Gasteiger charge is -2.05. The van der Waals surface area contributed by atoms with Crippen LogP contribution in [0, 0.1) is 12.3 Å². The Kier molecular flexibility index (Phi) is 3.94. The van der Waals surface area contributed by atoms with Gasteiger partial charge in [0.05, 0.1) is 6.04 Å². The maximum atomic E-state index is 5.31. The average molecular weight is 233 g/mol. The monoisotopic (exact) mass is 233 g/mol. The Labute approximate surface area is 108 Å². The molecule has 0 spiro atoms. The second-order valence-electron chi connectivity index (χ2n) is 4.13. The Hall–Kier alpha value is -2.33. The predicted molar refractivity (Wildman–Crippen MR) is 76.8 cm³/mol. The molecule has 0 bridgehead atoms. The summed E-state index contributed by atoms with van der Waals surface area (Å²) < 4.78 is 0. The highest BCUT2D eigenvalue weighted by Gasteiger charge is 2.00. The molecule has 18 heavy (non-hydrogen) atoms. The molecule has 2 aromatic carbocycles. The SMILES string of the molecule is C#Cc1ccc(C=N[C@@H](C)c2ccccc2)cc1. The highest BCUT2D eigenvalue weighted by Crippen LogP contribution is 2.15. The first kappa shape index (κ1) is 12.1. The van der Waals surface area contributed by atoms with Crippen LogP contribution in [0.15, 0.2) is 59.6 Å². The van der Waals surface area contributed by atoms with Crippen LogP contribution >= 0.6 is 0 Å². The smallest absolute Gasteiger partial charge is 0.0721 e. The van der Waals surface area contributed by atoms with Crippen molar-refractivity contribution in [2.24, 2.45) is 4.99 Å². The number of terminal acetylenes is 1. The van der Waals surface area contributed by atoms with E-state index < -0.39 is 0 Å². The summed E-state index contributed by atoms with van der Waals surface area (Å²) in [5, 5.41) is 0. The predicted octanol–water partition coefficient (Wildman–Crippen LogP) is 3.85. The van der Waals surface area contributed by atoms with Crippen LogP contribution in [-0.2, 0) is 0 Å². The largest absolute Gasteiger partial charge is 0.285 e. The van der Waals surface area contributed by atoms with E-state index in [1.807, 2.05) is 48.7 Å². The van der Waals surface area contributed by atoms with Gasteiger partial charge in [0.1, 0.15) is 0 Å². The van der Waals surface area contributed by atoms with Gasteiger partial charge in [0, 0.05) is 11.8 Å². The van der Waals surface area contributed by atoms with E-state index in [1.54, 1.807) is 0 Å². The molecule has 0 aliphatic rings. The third kappa shape index (κ3) is 3.09. The summed E-state index contributed by atoms with van der Waals surface area (Å²) in [7, 11) is 0. The van der Waals surface area contributed by atoms with Crippen molar-refractivity contribution in [3.8, 4) is 12.3 Å². The molecule has 0 heterocycles. The van der Waals surface area contributed by atoms with Crippen molar-refractivity contribution in [3.63, 3.8) is 0 Å². The van der Waals surface area contributed by atoms with Crippen LogP contribution in [0.4, 0.5) is 0 Å². The van der Waals surface area contributed by atoms with Gasteiger partial charge in [-0.3, -0.25) is 4.99 Å². The van der Waals surface area contributed by atoms with Gasteiger partial charge < -0.3 is 0 Å². The fourth-order valence-corrected chi connectivity index (χ4v) is 1.68. The lowest BCUT2D eigenvalue weighted by atomic mass is 10.1. The molecule has 1 nitrogen and oxygen atoms in total. The highest BCUT2D eigenvalue weighted by atomic mass is 14.8. The Morgan fingerprint density at radius 3 is 2.33 bits per heavy atom. The topological polar surface area (TPSA) is 12.4 Å². The van der Waals surface area contributed by atoms with Crippen LogP contribution in [-0.4, -0.2) is 6.21 Å². The molecule has 0 aliphatic carbocycles. The molecule has 1 heteroatoms. The molecule has 0 aliphatic heterocycles. The third-order valence-corrected chi connectivity index (χ3v) is 2.81. The van der Waals surface area contributed by atoms with Gasteiger partial charge >= 0.3 is 0 Å². The molecule has 2 rings (SSSR count). The standard InChI is InChI=1S/C17H15N/c1-3-15-9-11-16(12-10-15)13-18-14(2)17-7-5-4-6-8-17/h1,4-14H,2H3/t14-/m0/s1. The minimum Gasteiger partial charge on any atom is -0.285 e. The van der Waals surface area contributed by atoms with Crippen LogP contribution in [0.5, 0.6) is 0 Å². The molecule has 0 radical (unpaired) electrons. The van der Waals surface area contributed by atoms with Gasteiger partial charge in [0.15, 0.2) is 0 Å². The number of hydrogen-bond donors (Lipinski definition) is 0. The van der Waals surface area contributed by atoms with E-state index in [2.05, 4.69) is 30.0 Å². The zero-order valence-corrected chi connectivity index (χ0v) is 10.4. The molecule has 0 N–H and O–H groups in total. The van der Waals surface area contributed by atoms with Gasteiger partial charge in [-0.2, -0.15) is 0 Å². The summed E-state index contributed by atoms with van der Waals surface area (Å²) in [4.78, 5) is 4.54. The fourth-order valence-electron chi connectivity index (χ4n) is 1.68. The summed E-state index contributed by atoms with van der Waals surface area (Å²) in [5.74, 6) is 2.60. The summed E-state index contributed by atoms with van der Waals surface area (Å²) >= 11 is 0. The van der Waals surface area contributed by atoms with Crippen molar-refractivity contribution in [2.45, 2.75) is 13.0 Å². The van der Waals surface area contributed by atoms with E-state index in [0.717, 1.165) is 11.1 Å². The van der Waals surface area contributed by atoms with E-state index in [1.165, 1.54) is 5.56 Å². The number of rotatable bonds is 3. The Bertz CT molecular complexity index is 559. The number of benzene rings is 2. The van der Waals surface area contributed by atoms with E-state index in [0.29, 0.717) is 0 Å². The van der Waals surface area contributed by atoms with Gasteiger partial charge in [-0.05, 0) is 30.2 Å². The molecular formula is C17H15N. The summed E-state index contributed by atoms with van der Waals surface area (Å²) in [6.07, 6.45) is 7.20. The zero-order valence-electron chi connectivity index (χ0n) is 10.4. The molecule has 0 fully saturated rings. The number of nitrogens with zero attached hydrogens (tertiary/aromatic N) is 1. The Balaban J connectivity index is 2.09.